The van der Waals surface area contributed by atoms with Gasteiger partial charge in [-0.15, -0.1) is 0 Å². The lowest BCUT2D eigenvalue weighted by Crippen LogP contribution is -2.56. The molecule has 0 radical (unpaired) electrons. The number of nitrogens with one attached hydrogen (secondary N) is 1. The molecule has 0 spiro atoms. The average Bonchev–Trinajstić information content (AvgIpc) is 2.99. The summed E-state index contributed by atoms with van der Waals surface area (Å²) in [6, 6.07) is 27.8. The number of hydrogen-bond acceptors (Lipinski definition) is 4. The smallest absolute Gasteiger partial charge is 0.264 e. The predicted octanol–water partition coefficient (Wildman–Crippen LogP) is 7.51. The quantitative estimate of drug-likeness (QED) is 0.173. The van der Waals surface area contributed by atoms with E-state index >= 15 is 0 Å². The lowest BCUT2D eigenvalue weighted by Gasteiger charge is -2.35. The maximum absolute atomic E-state index is 14.5. The fraction of sp³-hybridized carbons (Fsp3) is 0.235. The molecular formula is C34H34BrCl2N3O4S. The van der Waals surface area contributed by atoms with E-state index < -0.39 is 34.1 Å². The molecule has 4 rings (SSSR count). The Morgan fingerprint density at radius 3 is 2.04 bits per heavy atom. The average molecular weight is 732 g/mol. The van der Waals surface area contributed by atoms with Crippen LogP contribution < -0.4 is 9.62 Å². The first-order chi connectivity index (χ1) is 21.2. The molecule has 0 aliphatic heterocycles. The first kappa shape index (κ1) is 34.5. The van der Waals surface area contributed by atoms with Crippen LogP contribution in [0.25, 0.3) is 0 Å². The Morgan fingerprint density at radius 2 is 1.47 bits per heavy atom. The molecule has 0 bridgehead atoms. The first-order valence-electron chi connectivity index (χ1n) is 14.2. The summed E-state index contributed by atoms with van der Waals surface area (Å²) in [4.78, 5) is 29.9. The number of sulfonamides is 1. The molecule has 236 valence electrons. The van der Waals surface area contributed by atoms with Crippen LogP contribution in [0.15, 0.2) is 112 Å². The Morgan fingerprint density at radius 1 is 0.867 bits per heavy atom. The maximum atomic E-state index is 14.5. The number of carbonyl (C=O) groups excluding carboxylic acids is 2. The van der Waals surface area contributed by atoms with Gasteiger partial charge in [-0.1, -0.05) is 93.7 Å². The number of carbonyl (C=O) groups is 2. The lowest BCUT2D eigenvalue weighted by molar-refractivity contribution is -0.140. The van der Waals surface area contributed by atoms with Crippen molar-refractivity contribution in [2.75, 3.05) is 10.8 Å². The van der Waals surface area contributed by atoms with Crippen LogP contribution in [-0.2, 0) is 32.6 Å². The number of rotatable bonds is 11. The van der Waals surface area contributed by atoms with Crippen molar-refractivity contribution in [3.63, 3.8) is 0 Å². The molecule has 0 aromatic heterocycles. The molecule has 4 aromatic carbocycles. The second-order valence-corrected chi connectivity index (χ2v) is 15.1. The van der Waals surface area contributed by atoms with Gasteiger partial charge in [0.05, 0.1) is 10.6 Å². The summed E-state index contributed by atoms with van der Waals surface area (Å²) in [6.45, 7) is 4.93. The molecule has 0 aliphatic carbocycles. The monoisotopic (exact) mass is 729 g/mol. The Labute approximate surface area is 283 Å². The Balaban J connectivity index is 1.83. The van der Waals surface area contributed by atoms with Gasteiger partial charge in [0.15, 0.2) is 0 Å². The molecule has 2 amide bonds. The summed E-state index contributed by atoms with van der Waals surface area (Å²) in [5.41, 5.74) is 1.07. The zero-order chi connectivity index (χ0) is 32.8. The van der Waals surface area contributed by atoms with E-state index in [0.717, 1.165) is 14.3 Å². The van der Waals surface area contributed by atoms with Gasteiger partial charge in [0.1, 0.15) is 12.6 Å². The Bertz CT molecular complexity index is 1730. The highest BCUT2D eigenvalue weighted by Gasteiger charge is 2.35. The van der Waals surface area contributed by atoms with Crippen LogP contribution in [-0.4, -0.2) is 43.3 Å². The van der Waals surface area contributed by atoms with E-state index in [2.05, 4.69) is 21.2 Å². The van der Waals surface area contributed by atoms with Crippen molar-refractivity contribution in [1.82, 2.24) is 10.2 Å². The number of hydrogen-bond donors (Lipinski definition) is 1. The Hall–Kier alpha value is -3.37. The third-order valence-electron chi connectivity index (χ3n) is 6.85. The molecule has 0 aliphatic rings. The van der Waals surface area contributed by atoms with Crippen molar-refractivity contribution < 1.29 is 18.0 Å². The van der Waals surface area contributed by atoms with Crippen LogP contribution >= 0.6 is 39.1 Å². The van der Waals surface area contributed by atoms with Gasteiger partial charge in [0.25, 0.3) is 10.0 Å². The molecule has 0 heterocycles. The molecule has 1 atom stereocenters. The highest BCUT2D eigenvalue weighted by molar-refractivity contribution is 9.10. The second-order valence-electron chi connectivity index (χ2n) is 11.5. The van der Waals surface area contributed by atoms with Crippen molar-refractivity contribution in [2.24, 2.45) is 0 Å². The van der Waals surface area contributed by atoms with Crippen LogP contribution in [0.4, 0.5) is 5.69 Å². The Kier molecular flexibility index (Phi) is 11.4. The summed E-state index contributed by atoms with van der Waals surface area (Å²) < 4.78 is 29.9. The normalized spacial score (nSPS) is 12.3. The van der Waals surface area contributed by atoms with Gasteiger partial charge in [-0.3, -0.25) is 13.9 Å². The maximum Gasteiger partial charge on any atom is 0.264 e. The van der Waals surface area contributed by atoms with Gasteiger partial charge in [-0.25, -0.2) is 8.42 Å². The third kappa shape index (κ3) is 9.33. The topological polar surface area (TPSA) is 86.8 Å². The van der Waals surface area contributed by atoms with Gasteiger partial charge in [0.2, 0.25) is 11.8 Å². The zero-order valence-corrected chi connectivity index (χ0v) is 29.0. The summed E-state index contributed by atoms with van der Waals surface area (Å²) in [5.74, 6) is -0.973. The second kappa shape index (κ2) is 14.8. The standard InChI is InChI=1S/C34H34BrCl2N3O4S/c1-34(2,3)38-33(42)31(20-24-10-6-4-7-11-24)39(22-25-14-17-27(36)21-30(25)37)32(41)23-40(28-18-15-26(35)16-19-28)45(43,44)29-12-8-5-9-13-29/h4-19,21,31H,20,22-23H2,1-3H3,(H,38,42). The van der Waals surface area contributed by atoms with Gasteiger partial charge in [-0.2, -0.15) is 0 Å². The van der Waals surface area contributed by atoms with Crippen molar-refractivity contribution in [2.45, 2.75) is 50.2 Å². The summed E-state index contributed by atoms with van der Waals surface area (Å²) in [5, 5.41) is 3.74. The molecule has 4 aromatic rings. The van der Waals surface area contributed by atoms with Crippen LogP contribution in [0.2, 0.25) is 10.0 Å². The van der Waals surface area contributed by atoms with Crippen molar-refractivity contribution in [3.8, 4) is 0 Å². The van der Waals surface area contributed by atoms with E-state index in [1.165, 1.54) is 17.0 Å². The molecule has 1 unspecified atom stereocenters. The summed E-state index contributed by atoms with van der Waals surface area (Å²) in [7, 11) is -4.19. The van der Waals surface area contributed by atoms with Crippen LogP contribution in [0, 0.1) is 0 Å². The number of amides is 2. The fourth-order valence-electron chi connectivity index (χ4n) is 4.70. The first-order valence-corrected chi connectivity index (χ1v) is 17.2. The van der Waals surface area contributed by atoms with E-state index in [4.69, 9.17) is 23.2 Å². The highest BCUT2D eigenvalue weighted by atomic mass is 79.9. The molecule has 0 saturated heterocycles. The van der Waals surface area contributed by atoms with Crippen LogP contribution in [0.3, 0.4) is 0 Å². The number of nitrogens with zero attached hydrogens (tertiary/aromatic N) is 2. The SMILES string of the molecule is CC(C)(C)NC(=O)C(Cc1ccccc1)N(Cc1ccc(Cl)cc1Cl)C(=O)CN(c1ccc(Br)cc1)S(=O)(=O)c1ccccc1. The van der Waals surface area contributed by atoms with Crippen molar-refractivity contribution in [1.29, 1.82) is 0 Å². The van der Waals surface area contributed by atoms with Gasteiger partial charge < -0.3 is 10.2 Å². The molecule has 7 nitrogen and oxygen atoms in total. The van der Waals surface area contributed by atoms with Crippen molar-refractivity contribution in [3.05, 3.63) is 129 Å². The van der Waals surface area contributed by atoms with Crippen molar-refractivity contribution >= 4 is 66.7 Å². The molecule has 0 fully saturated rings. The third-order valence-corrected chi connectivity index (χ3v) is 9.75. The largest absolute Gasteiger partial charge is 0.350 e. The molecular weight excluding hydrogens is 697 g/mol. The van der Waals surface area contributed by atoms with Crippen LogP contribution in [0.1, 0.15) is 31.9 Å². The summed E-state index contributed by atoms with van der Waals surface area (Å²) in [6.07, 6.45) is 0.184. The van der Waals surface area contributed by atoms with Gasteiger partial charge in [-0.05, 0) is 80.4 Å². The molecule has 11 heteroatoms. The minimum absolute atomic E-state index is 0.0272. The molecule has 1 N–H and O–H groups in total. The summed E-state index contributed by atoms with van der Waals surface area (Å²) >= 11 is 16.1. The minimum atomic E-state index is -4.19. The van der Waals surface area contributed by atoms with Gasteiger partial charge >= 0.3 is 0 Å². The number of halogens is 3. The molecule has 45 heavy (non-hydrogen) atoms. The predicted molar refractivity (Wildman–Crippen MR) is 184 cm³/mol. The van der Waals surface area contributed by atoms with E-state index in [0.29, 0.717) is 21.3 Å². The number of anilines is 1. The van der Waals surface area contributed by atoms with E-state index in [1.807, 2.05) is 51.1 Å². The van der Waals surface area contributed by atoms with Gasteiger partial charge in [0, 0.05) is 33.0 Å². The minimum Gasteiger partial charge on any atom is -0.350 e. The molecule has 0 saturated carbocycles. The van der Waals surface area contributed by atoms with E-state index in [1.54, 1.807) is 60.7 Å². The van der Waals surface area contributed by atoms with E-state index in [9.17, 15) is 18.0 Å². The number of benzene rings is 4. The fourth-order valence-corrected chi connectivity index (χ4v) is 6.86. The van der Waals surface area contributed by atoms with E-state index in [-0.39, 0.29) is 23.8 Å². The van der Waals surface area contributed by atoms with Crippen LogP contribution in [0.5, 0.6) is 0 Å². The zero-order valence-electron chi connectivity index (χ0n) is 25.1. The highest BCUT2D eigenvalue weighted by Crippen LogP contribution is 2.28. The lowest BCUT2D eigenvalue weighted by atomic mass is 10.0.